The molecule has 13 heavy (non-hydrogen) atoms. The van der Waals surface area contributed by atoms with Gasteiger partial charge in [0, 0.05) is 7.11 Å². The van der Waals surface area contributed by atoms with Crippen molar-refractivity contribution >= 4 is 0 Å². The molecular weight excluding hydrogens is 160 g/mol. The zero-order valence-corrected chi connectivity index (χ0v) is 8.46. The smallest absolute Gasteiger partial charge is 0.0894 e. The van der Waals surface area contributed by atoms with Gasteiger partial charge < -0.3 is 4.74 Å². The Morgan fingerprint density at radius 3 is 1.85 bits per heavy atom. The van der Waals surface area contributed by atoms with E-state index in [0.717, 1.165) is 17.8 Å². The fourth-order valence-corrected chi connectivity index (χ4v) is 4.57. The predicted octanol–water partition coefficient (Wildman–Crippen LogP) is 3.01. The highest BCUT2D eigenvalue weighted by Gasteiger charge is 2.50. The summed E-state index contributed by atoms with van der Waals surface area (Å²) < 4.78 is 5.30. The fraction of sp³-hybridized carbons (Fsp3) is 0.917. The van der Waals surface area contributed by atoms with Gasteiger partial charge in [-0.25, -0.2) is 0 Å². The molecule has 1 heteroatoms. The lowest BCUT2D eigenvalue weighted by molar-refractivity contribution is -0.0604. The van der Waals surface area contributed by atoms with Crippen LogP contribution in [0.4, 0.5) is 0 Å². The Bertz CT molecular complexity index is 174. The number of hydrogen-bond donors (Lipinski definition) is 0. The summed E-state index contributed by atoms with van der Waals surface area (Å²) in [5.41, 5.74) is 0.503. The summed E-state index contributed by atoms with van der Waals surface area (Å²) in [5, 5.41) is 0. The van der Waals surface area contributed by atoms with Gasteiger partial charge in [0.1, 0.15) is 0 Å². The molecule has 4 aliphatic carbocycles. The van der Waals surface area contributed by atoms with Gasteiger partial charge in [-0.1, -0.05) is 0 Å². The number of hydrogen-bond acceptors (Lipinski definition) is 1. The standard InChI is InChI=1S/C12H19O/c1-13-8-12-5-9-2-10(6-12)4-11(3-9)7-12/h8-11H,2-7H2,1H3. The van der Waals surface area contributed by atoms with Crippen LogP contribution in [-0.2, 0) is 4.74 Å². The van der Waals surface area contributed by atoms with Crippen LogP contribution in [0, 0.1) is 29.8 Å². The molecule has 0 saturated heterocycles. The minimum absolute atomic E-state index is 0.503. The summed E-state index contributed by atoms with van der Waals surface area (Å²) in [6, 6.07) is 0. The zero-order valence-electron chi connectivity index (χ0n) is 8.46. The van der Waals surface area contributed by atoms with Crippen LogP contribution in [0.2, 0.25) is 0 Å². The molecule has 4 saturated carbocycles. The van der Waals surface area contributed by atoms with Gasteiger partial charge in [0.05, 0.1) is 6.61 Å². The van der Waals surface area contributed by atoms with Crippen LogP contribution in [-0.4, -0.2) is 7.11 Å². The first-order valence-electron chi connectivity index (χ1n) is 5.67. The Morgan fingerprint density at radius 2 is 1.46 bits per heavy atom. The van der Waals surface area contributed by atoms with E-state index in [1.54, 1.807) is 0 Å². The zero-order chi connectivity index (χ0) is 8.89. The summed E-state index contributed by atoms with van der Waals surface area (Å²) in [6.07, 6.45) is 8.84. The Hall–Kier alpha value is -0.0400. The summed E-state index contributed by atoms with van der Waals surface area (Å²) >= 11 is 0. The van der Waals surface area contributed by atoms with Crippen molar-refractivity contribution in [2.45, 2.75) is 38.5 Å². The van der Waals surface area contributed by atoms with E-state index < -0.39 is 0 Å². The van der Waals surface area contributed by atoms with Crippen molar-refractivity contribution in [1.29, 1.82) is 0 Å². The number of methoxy groups -OCH3 is 1. The molecule has 0 aromatic heterocycles. The summed E-state index contributed by atoms with van der Waals surface area (Å²) in [4.78, 5) is 0. The first-order valence-corrected chi connectivity index (χ1v) is 5.67. The molecule has 0 aromatic rings. The second kappa shape index (κ2) is 2.73. The number of rotatable bonds is 2. The molecule has 1 radical (unpaired) electrons. The normalized spacial score (nSPS) is 52.8. The lowest BCUT2D eigenvalue weighted by Gasteiger charge is -2.56. The van der Waals surface area contributed by atoms with E-state index in [-0.39, 0.29) is 0 Å². The second-order valence-electron chi connectivity index (χ2n) is 5.63. The van der Waals surface area contributed by atoms with Crippen molar-refractivity contribution in [2.75, 3.05) is 7.11 Å². The molecule has 0 unspecified atom stereocenters. The topological polar surface area (TPSA) is 9.23 Å². The Morgan fingerprint density at radius 1 is 1.00 bits per heavy atom. The average Bonchev–Trinajstić information content (AvgIpc) is 2.00. The van der Waals surface area contributed by atoms with Crippen LogP contribution < -0.4 is 0 Å². The van der Waals surface area contributed by atoms with Crippen LogP contribution in [0.3, 0.4) is 0 Å². The van der Waals surface area contributed by atoms with Gasteiger partial charge in [-0.3, -0.25) is 0 Å². The maximum Gasteiger partial charge on any atom is 0.0894 e. The quantitative estimate of drug-likeness (QED) is 0.633. The lowest BCUT2D eigenvalue weighted by atomic mass is 9.50. The average molecular weight is 179 g/mol. The molecule has 0 amide bonds. The molecule has 0 aliphatic heterocycles. The SMILES string of the molecule is CO[CH]C12CC3CC(CC(C3)C1)C2. The Balaban J connectivity index is 1.83. The number of ether oxygens (including phenoxy) is 1. The van der Waals surface area contributed by atoms with E-state index in [1.165, 1.54) is 38.5 Å². The third kappa shape index (κ3) is 1.24. The molecule has 0 heterocycles. The highest BCUT2D eigenvalue weighted by molar-refractivity contribution is 5.04. The van der Waals surface area contributed by atoms with E-state index in [0.29, 0.717) is 5.41 Å². The third-order valence-corrected chi connectivity index (χ3v) is 4.45. The van der Waals surface area contributed by atoms with Crippen molar-refractivity contribution in [1.82, 2.24) is 0 Å². The van der Waals surface area contributed by atoms with E-state index in [2.05, 4.69) is 6.61 Å². The van der Waals surface area contributed by atoms with Gasteiger partial charge in [-0.15, -0.1) is 0 Å². The van der Waals surface area contributed by atoms with Crippen LogP contribution in [0.15, 0.2) is 0 Å². The van der Waals surface area contributed by atoms with Gasteiger partial charge in [0.15, 0.2) is 0 Å². The predicted molar refractivity (Wildman–Crippen MR) is 51.9 cm³/mol. The highest BCUT2D eigenvalue weighted by atomic mass is 16.5. The van der Waals surface area contributed by atoms with E-state index >= 15 is 0 Å². The van der Waals surface area contributed by atoms with Crippen LogP contribution in [0.1, 0.15) is 38.5 Å². The molecule has 73 valence electrons. The van der Waals surface area contributed by atoms with Gasteiger partial charge in [-0.05, 0) is 61.7 Å². The molecule has 0 atom stereocenters. The summed E-state index contributed by atoms with van der Waals surface area (Å²) in [7, 11) is 1.82. The lowest BCUT2D eigenvalue weighted by Crippen LogP contribution is -2.46. The highest BCUT2D eigenvalue weighted by Crippen LogP contribution is 2.60. The maximum atomic E-state index is 5.30. The van der Waals surface area contributed by atoms with Gasteiger partial charge in [0.25, 0.3) is 0 Å². The van der Waals surface area contributed by atoms with Crippen molar-refractivity contribution < 1.29 is 4.74 Å². The second-order valence-corrected chi connectivity index (χ2v) is 5.63. The van der Waals surface area contributed by atoms with Crippen molar-refractivity contribution in [3.8, 4) is 0 Å². The molecule has 0 N–H and O–H groups in total. The third-order valence-electron chi connectivity index (χ3n) is 4.45. The van der Waals surface area contributed by atoms with Crippen molar-refractivity contribution in [2.24, 2.45) is 23.2 Å². The first-order chi connectivity index (χ1) is 6.30. The van der Waals surface area contributed by atoms with Gasteiger partial charge >= 0.3 is 0 Å². The fourth-order valence-electron chi connectivity index (χ4n) is 4.57. The van der Waals surface area contributed by atoms with Crippen LogP contribution in [0.5, 0.6) is 0 Å². The van der Waals surface area contributed by atoms with E-state index in [9.17, 15) is 0 Å². The summed E-state index contributed by atoms with van der Waals surface area (Å²) in [6.45, 7) is 2.16. The van der Waals surface area contributed by atoms with Gasteiger partial charge in [-0.2, -0.15) is 0 Å². The monoisotopic (exact) mass is 179 g/mol. The Labute approximate surface area is 80.8 Å². The molecule has 4 fully saturated rings. The van der Waals surface area contributed by atoms with Crippen LogP contribution in [0.25, 0.3) is 0 Å². The van der Waals surface area contributed by atoms with Crippen molar-refractivity contribution in [3.63, 3.8) is 0 Å². The maximum absolute atomic E-state index is 5.30. The minimum atomic E-state index is 0.503. The molecule has 0 aromatic carbocycles. The Kier molecular flexibility index (Phi) is 1.74. The van der Waals surface area contributed by atoms with Gasteiger partial charge in [0.2, 0.25) is 0 Å². The largest absolute Gasteiger partial charge is 0.378 e. The van der Waals surface area contributed by atoms with E-state index in [4.69, 9.17) is 4.74 Å². The minimum Gasteiger partial charge on any atom is -0.378 e. The molecule has 4 aliphatic rings. The first kappa shape index (κ1) is 8.28. The molecule has 1 nitrogen and oxygen atoms in total. The molecule has 4 rings (SSSR count). The van der Waals surface area contributed by atoms with Crippen LogP contribution >= 0.6 is 0 Å². The van der Waals surface area contributed by atoms with E-state index in [1.807, 2.05) is 7.11 Å². The molecular formula is C12H19O. The molecule has 0 spiro atoms. The summed E-state index contributed by atoms with van der Waals surface area (Å²) in [5.74, 6) is 3.12. The molecule has 4 bridgehead atoms. The van der Waals surface area contributed by atoms with Crippen molar-refractivity contribution in [3.05, 3.63) is 6.61 Å².